The van der Waals surface area contributed by atoms with E-state index >= 15 is 0 Å². The Kier molecular flexibility index (Phi) is 9.29. The highest BCUT2D eigenvalue weighted by Crippen LogP contribution is 2.26. The zero-order chi connectivity index (χ0) is 27.1. The van der Waals surface area contributed by atoms with Crippen LogP contribution in [-0.2, 0) is 17.8 Å². The second-order valence-electron chi connectivity index (χ2n) is 9.75. The molecule has 1 amide bonds. The van der Waals surface area contributed by atoms with Crippen molar-refractivity contribution in [1.82, 2.24) is 14.9 Å². The van der Waals surface area contributed by atoms with Gasteiger partial charge in [-0.15, -0.1) is 0 Å². The summed E-state index contributed by atoms with van der Waals surface area (Å²) in [6, 6.07) is 18.1. The van der Waals surface area contributed by atoms with E-state index in [0.29, 0.717) is 13.2 Å². The van der Waals surface area contributed by atoms with Crippen LogP contribution in [0.3, 0.4) is 0 Å². The van der Waals surface area contributed by atoms with E-state index in [1.165, 1.54) is 0 Å². The molecular formula is C31H36ClN3O3. The van der Waals surface area contributed by atoms with E-state index in [-0.39, 0.29) is 12.5 Å². The highest BCUT2D eigenvalue weighted by atomic mass is 35.5. The van der Waals surface area contributed by atoms with Gasteiger partial charge in [-0.25, -0.2) is 4.98 Å². The lowest BCUT2D eigenvalue weighted by Crippen LogP contribution is -2.30. The fourth-order valence-electron chi connectivity index (χ4n) is 4.50. The molecule has 0 fully saturated rings. The van der Waals surface area contributed by atoms with E-state index in [1.54, 1.807) is 0 Å². The zero-order valence-electron chi connectivity index (χ0n) is 22.6. The number of aryl methyl sites for hydroxylation is 6. The number of nitrogens with one attached hydrogen (secondary N) is 1. The number of hydrogen-bond donors (Lipinski definition) is 1. The Labute approximate surface area is 229 Å². The maximum atomic E-state index is 12.3. The first-order chi connectivity index (χ1) is 18.3. The van der Waals surface area contributed by atoms with Crippen LogP contribution in [0.1, 0.15) is 40.9 Å². The molecule has 1 N–H and O–H groups in total. The van der Waals surface area contributed by atoms with Crippen LogP contribution < -0.4 is 14.8 Å². The Morgan fingerprint density at radius 3 is 2.50 bits per heavy atom. The monoisotopic (exact) mass is 533 g/mol. The van der Waals surface area contributed by atoms with E-state index in [9.17, 15) is 4.79 Å². The van der Waals surface area contributed by atoms with Crippen LogP contribution in [-0.4, -0.2) is 35.2 Å². The van der Waals surface area contributed by atoms with Gasteiger partial charge < -0.3 is 19.4 Å². The van der Waals surface area contributed by atoms with Crippen molar-refractivity contribution < 1.29 is 14.3 Å². The van der Waals surface area contributed by atoms with Gasteiger partial charge in [-0.05, 0) is 93.1 Å². The number of hydrogen-bond acceptors (Lipinski definition) is 4. The number of nitrogens with zero attached hydrogens (tertiary/aromatic N) is 2. The van der Waals surface area contributed by atoms with E-state index < -0.39 is 0 Å². The zero-order valence-corrected chi connectivity index (χ0v) is 23.4. The SMILES string of the molecule is Cc1ccc(C)c(OCC(=O)NCCCc2nc3ccccc3n2CCCOc2cc(C)c(Cl)c(C)c2)c1. The summed E-state index contributed by atoms with van der Waals surface area (Å²) in [5, 5.41) is 3.75. The lowest BCUT2D eigenvalue weighted by Gasteiger charge is -2.12. The number of ether oxygens (including phenoxy) is 2. The molecule has 0 aliphatic heterocycles. The van der Waals surface area contributed by atoms with Gasteiger partial charge in [0.2, 0.25) is 0 Å². The van der Waals surface area contributed by atoms with Crippen LogP contribution in [0.4, 0.5) is 0 Å². The summed E-state index contributed by atoms with van der Waals surface area (Å²) >= 11 is 6.28. The second kappa shape index (κ2) is 12.8. The standard InChI is InChI=1S/C31H36ClN3O3/c1-21-12-13-22(2)28(17-21)38-20-30(36)33-14-7-11-29-34-26-9-5-6-10-27(26)35(29)15-8-16-37-25-18-23(3)31(32)24(4)19-25/h5-6,9-10,12-13,17-19H,7-8,11,14-16,20H2,1-4H3,(H,33,36). The summed E-state index contributed by atoms with van der Waals surface area (Å²) in [4.78, 5) is 17.2. The molecule has 0 aliphatic carbocycles. The fourth-order valence-corrected chi connectivity index (χ4v) is 4.61. The third-order valence-electron chi connectivity index (χ3n) is 6.54. The molecule has 0 atom stereocenters. The van der Waals surface area contributed by atoms with Crippen molar-refractivity contribution >= 4 is 28.5 Å². The van der Waals surface area contributed by atoms with Gasteiger partial charge in [0, 0.05) is 24.5 Å². The van der Waals surface area contributed by atoms with Gasteiger partial charge >= 0.3 is 0 Å². The van der Waals surface area contributed by atoms with E-state index in [1.807, 2.05) is 76.2 Å². The molecule has 3 aromatic carbocycles. The Morgan fingerprint density at radius 1 is 0.947 bits per heavy atom. The summed E-state index contributed by atoms with van der Waals surface area (Å²) in [5.74, 6) is 2.49. The summed E-state index contributed by atoms with van der Waals surface area (Å²) in [6.07, 6.45) is 2.40. The number of halogens is 1. The van der Waals surface area contributed by atoms with Gasteiger partial charge in [-0.3, -0.25) is 4.79 Å². The highest BCUT2D eigenvalue weighted by molar-refractivity contribution is 6.32. The Morgan fingerprint density at radius 2 is 1.71 bits per heavy atom. The molecule has 38 heavy (non-hydrogen) atoms. The lowest BCUT2D eigenvalue weighted by molar-refractivity contribution is -0.123. The molecule has 0 spiro atoms. The number of para-hydroxylation sites is 2. The smallest absolute Gasteiger partial charge is 0.257 e. The Hall–Kier alpha value is -3.51. The van der Waals surface area contributed by atoms with Crippen LogP contribution >= 0.6 is 11.6 Å². The number of rotatable bonds is 12. The minimum Gasteiger partial charge on any atom is -0.494 e. The fraction of sp³-hybridized carbons (Fsp3) is 0.355. The van der Waals surface area contributed by atoms with Crippen LogP contribution in [0.15, 0.2) is 54.6 Å². The van der Waals surface area contributed by atoms with Crippen LogP contribution in [0.25, 0.3) is 11.0 Å². The molecule has 0 aliphatic rings. The predicted molar refractivity (Wildman–Crippen MR) is 154 cm³/mol. The minimum atomic E-state index is -0.121. The van der Waals surface area contributed by atoms with Gasteiger partial charge in [-0.1, -0.05) is 35.9 Å². The molecule has 6 nitrogen and oxygen atoms in total. The van der Waals surface area contributed by atoms with Crippen LogP contribution in [0.2, 0.25) is 5.02 Å². The van der Waals surface area contributed by atoms with Crippen molar-refractivity contribution in [3.05, 3.63) is 87.7 Å². The third-order valence-corrected chi connectivity index (χ3v) is 7.14. The first kappa shape index (κ1) is 27.5. The lowest BCUT2D eigenvalue weighted by atomic mass is 10.1. The quantitative estimate of drug-likeness (QED) is 0.210. The molecule has 0 unspecified atom stereocenters. The van der Waals surface area contributed by atoms with Gasteiger partial charge in [0.05, 0.1) is 17.6 Å². The number of fused-ring (bicyclic) bond motifs is 1. The molecule has 1 heterocycles. The van der Waals surface area contributed by atoms with Gasteiger partial charge in [0.15, 0.2) is 6.61 Å². The van der Waals surface area contributed by atoms with E-state index in [2.05, 4.69) is 16.0 Å². The highest BCUT2D eigenvalue weighted by Gasteiger charge is 2.11. The number of imidazole rings is 1. The van der Waals surface area contributed by atoms with Crippen LogP contribution in [0, 0.1) is 27.7 Å². The van der Waals surface area contributed by atoms with Gasteiger partial charge in [0.25, 0.3) is 5.91 Å². The summed E-state index contributed by atoms with van der Waals surface area (Å²) in [5.41, 5.74) is 6.27. The number of amides is 1. The van der Waals surface area contributed by atoms with Crippen molar-refractivity contribution in [2.24, 2.45) is 0 Å². The molecule has 0 saturated carbocycles. The molecule has 0 radical (unpaired) electrons. The van der Waals surface area contributed by atoms with Crippen molar-refractivity contribution in [1.29, 1.82) is 0 Å². The summed E-state index contributed by atoms with van der Waals surface area (Å²) < 4.78 is 14.0. The minimum absolute atomic E-state index is 0.00940. The largest absolute Gasteiger partial charge is 0.494 e. The molecule has 7 heteroatoms. The van der Waals surface area contributed by atoms with E-state index in [4.69, 9.17) is 26.1 Å². The third kappa shape index (κ3) is 7.07. The average Bonchev–Trinajstić information content (AvgIpc) is 3.25. The second-order valence-corrected chi connectivity index (χ2v) is 10.1. The van der Waals surface area contributed by atoms with Crippen molar-refractivity contribution in [3.63, 3.8) is 0 Å². The normalized spacial score (nSPS) is 11.1. The van der Waals surface area contributed by atoms with Gasteiger partial charge in [0.1, 0.15) is 17.3 Å². The summed E-state index contributed by atoms with van der Waals surface area (Å²) in [7, 11) is 0. The molecule has 200 valence electrons. The topological polar surface area (TPSA) is 65.4 Å². The molecular weight excluding hydrogens is 498 g/mol. The predicted octanol–water partition coefficient (Wildman–Crippen LogP) is 6.52. The van der Waals surface area contributed by atoms with Crippen LogP contribution in [0.5, 0.6) is 11.5 Å². The number of carbonyl (C=O) groups excluding carboxylic acids is 1. The Balaban J connectivity index is 1.27. The maximum absolute atomic E-state index is 12.3. The molecule has 4 aromatic rings. The van der Waals surface area contributed by atoms with Crippen molar-refractivity contribution in [2.45, 2.75) is 53.5 Å². The molecule has 0 saturated heterocycles. The van der Waals surface area contributed by atoms with Crippen molar-refractivity contribution in [2.75, 3.05) is 19.8 Å². The van der Waals surface area contributed by atoms with E-state index in [0.717, 1.165) is 81.4 Å². The summed E-state index contributed by atoms with van der Waals surface area (Å²) in [6.45, 7) is 9.95. The number of benzene rings is 3. The first-order valence-electron chi connectivity index (χ1n) is 13.1. The Bertz CT molecular complexity index is 1390. The number of aromatic nitrogens is 2. The molecule has 0 bridgehead atoms. The number of carbonyl (C=O) groups is 1. The maximum Gasteiger partial charge on any atom is 0.257 e. The average molecular weight is 534 g/mol. The van der Waals surface area contributed by atoms with Gasteiger partial charge in [-0.2, -0.15) is 0 Å². The molecule has 1 aromatic heterocycles. The van der Waals surface area contributed by atoms with Crippen molar-refractivity contribution in [3.8, 4) is 11.5 Å². The first-order valence-corrected chi connectivity index (χ1v) is 13.5. The molecule has 4 rings (SSSR count).